The minimum Gasteiger partial charge on any atom is -0.496 e. The zero-order valence-electron chi connectivity index (χ0n) is 16.9. The largest absolute Gasteiger partial charge is 0.496 e. The number of hydrogen-bond acceptors (Lipinski definition) is 6. The molecule has 2 unspecified atom stereocenters. The van der Waals surface area contributed by atoms with Gasteiger partial charge in [-0.1, -0.05) is 12.1 Å². The van der Waals surface area contributed by atoms with E-state index >= 15 is 0 Å². The number of benzene rings is 2. The molecule has 0 amide bonds. The van der Waals surface area contributed by atoms with E-state index in [9.17, 15) is 8.42 Å². The molecule has 156 valence electrons. The lowest BCUT2D eigenvalue weighted by Crippen LogP contribution is -2.10. The van der Waals surface area contributed by atoms with Gasteiger partial charge < -0.3 is 18.9 Å². The highest BCUT2D eigenvalue weighted by Crippen LogP contribution is 2.29. The molecule has 0 saturated carbocycles. The van der Waals surface area contributed by atoms with E-state index < -0.39 is 21.6 Å². The molecule has 0 aliphatic carbocycles. The second-order valence-electron chi connectivity index (χ2n) is 5.76. The van der Waals surface area contributed by atoms with Crippen LogP contribution in [0, 0.1) is 11.2 Å². The van der Waals surface area contributed by atoms with Gasteiger partial charge in [-0.15, -0.1) is 0 Å². The Balaban J connectivity index is 2.04. The van der Waals surface area contributed by atoms with Crippen molar-refractivity contribution in [2.24, 2.45) is 0 Å². The SMILES string of the molecule is COc1cccc(OC)c1C#CS(=O)CS(=O)CCc1c(OC)cccc1OC. The average Bonchev–Trinajstić information content (AvgIpc) is 2.75. The summed E-state index contributed by atoms with van der Waals surface area (Å²) in [5, 5.41) is 2.60. The van der Waals surface area contributed by atoms with Crippen LogP contribution < -0.4 is 18.9 Å². The van der Waals surface area contributed by atoms with Crippen molar-refractivity contribution < 1.29 is 27.4 Å². The summed E-state index contributed by atoms with van der Waals surface area (Å²) in [5.74, 6) is 5.54. The molecule has 2 atom stereocenters. The molecular weight excluding hydrogens is 412 g/mol. The first kappa shape index (κ1) is 22.8. The molecule has 0 radical (unpaired) electrons. The molecule has 8 heteroatoms. The number of ether oxygens (including phenoxy) is 4. The summed E-state index contributed by atoms with van der Waals surface area (Å²) in [6.45, 7) is 0. The molecule has 0 saturated heterocycles. The van der Waals surface area contributed by atoms with Crippen LogP contribution in [0.5, 0.6) is 23.0 Å². The lowest BCUT2D eigenvalue weighted by molar-refractivity contribution is 0.386. The lowest BCUT2D eigenvalue weighted by atomic mass is 10.1. The molecule has 0 aliphatic rings. The molecule has 0 bridgehead atoms. The van der Waals surface area contributed by atoms with Crippen molar-refractivity contribution in [3.05, 3.63) is 47.5 Å². The van der Waals surface area contributed by atoms with Crippen LogP contribution in [-0.2, 0) is 28.0 Å². The average molecular weight is 437 g/mol. The van der Waals surface area contributed by atoms with Crippen molar-refractivity contribution in [1.82, 2.24) is 0 Å². The highest BCUT2D eigenvalue weighted by atomic mass is 32.2. The first-order chi connectivity index (χ1) is 14.0. The molecule has 0 aromatic heterocycles. The minimum absolute atomic E-state index is 0.0398. The number of methoxy groups -OCH3 is 4. The molecule has 2 rings (SSSR count). The van der Waals surface area contributed by atoms with Crippen LogP contribution >= 0.6 is 0 Å². The molecule has 2 aromatic rings. The maximum absolute atomic E-state index is 12.4. The van der Waals surface area contributed by atoms with Gasteiger partial charge >= 0.3 is 0 Å². The van der Waals surface area contributed by atoms with E-state index in [0.717, 1.165) is 5.56 Å². The zero-order valence-corrected chi connectivity index (χ0v) is 18.5. The standard InChI is InChI=1S/C21H24O6S2/c1-24-18-7-5-8-19(25-2)16(18)11-13-28(22)15-29(23)14-12-17-20(26-3)9-6-10-21(17)27-4/h5-10H,11,13,15H2,1-4H3. The quantitative estimate of drug-likeness (QED) is 0.563. The van der Waals surface area contributed by atoms with Gasteiger partial charge in [-0.05, 0) is 36.6 Å². The maximum Gasteiger partial charge on any atom is 0.138 e. The summed E-state index contributed by atoms with van der Waals surface area (Å²) in [7, 11) is 3.30. The predicted octanol–water partition coefficient (Wildman–Crippen LogP) is 2.73. The van der Waals surface area contributed by atoms with Gasteiger partial charge in [0.1, 0.15) is 44.4 Å². The highest BCUT2D eigenvalue weighted by molar-refractivity contribution is 8.04. The van der Waals surface area contributed by atoms with E-state index in [0.29, 0.717) is 40.7 Å². The Kier molecular flexibility index (Phi) is 9.03. The van der Waals surface area contributed by atoms with Crippen LogP contribution in [0.1, 0.15) is 11.1 Å². The van der Waals surface area contributed by atoms with E-state index in [4.69, 9.17) is 18.9 Å². The van der Waals surface area contributed by atoms with Gasteiger partial charge in [0.15, 0.2) is 0 Å². The summed E-state index contributed by atoms with van der Waals surface area (Å²) in [6, 6.07) is 10.7. The van der Waals surface area contributed by atoms with Crippen molar-refractivity contribution in [1.29, 1.82) is 0 Å². The Labute approximate surface area is 176 Å². The Morgan fingerprint density at radius 2 is 1.28 bits per heavy atom. The maximum atomic E-state index is 12.4. The van der Waals surface area contributed by atoms with Crippen molar-refractivity contribution in [3.8, 4) is 34.2 Å². The first-order valence-electron chi connectivity index (χ1n) is 8.69. The molecule has 0 spiro atoms. The van der Waals surface area contributed by atoms with E-state index in [2.05, 4.69) is 11.2 Å². The van der Waals surface area contributed by atoms with Gasteiger partial charge in [-0.2, -0.15) is 0 Å². The van der Waals surface area contributed by atoms with Gasteiger partial charge in [0.05, 0.1) is 28.4 Å². The molecule has 0 heterocycles. The summed E-state index contributed by atoms with van der Waals surface area (Å²) in [6.07, 6.45) is 0.477. The topological polar surface area (TPSA) is 71.1 Å². The van der Waals surface area contributed by atoms with E-state index in [1.165, 1.54) is 14.2 Å². The third kappa shape index (κ3) is 6.24. The zero-order chi connectivity index (χ0) is 21.2. The fraction of sp³-hybridized carbons (Fsp3) is 0.333. The fourth-order valence-electron chi connectivity index (χ4n) is 2.68. The third-order valence-corrected chi connectivity index (χ3v) is 6.96. The van der Waals surface area contributed by atoms with Crippen molar-refractivity contribution in [3.63, 3.8) is 0 Å². The monoisotopic (exact) mass is 436 g/mol. The van der Waals surface area contributed by atoms with Gasteiger partial charge in [0.2, 0.25) is 0 Å². The highest BCUT2D eigenvalue weighted by Gasteiger charge is 2.13. The van der Waals surface area contributed by atoms with Crippen LogP contribution in [0.3, 0.4) is 0 Å². The van der Waals surface area contributed by atoms with Gasteiger partial charge in [0, 0.05) is 27.4 Å². The fourth-order valence-corrected chi connectivity index (χ4v) is 4.99. The molecule has 0 N–H and O–H groups in total. The molecular formula is C21H24O6S2. The second kappa shape index (κ2) is 11.5. The predicted molar refractivity (Wildman–Crippen MR) is 116 cm³/mol. The van der Waals surface area contributed by atoms with Gasteiger partial charge in [0.25, 0.3) is 0 Å². The van der Waals surface area contributed by atoms with Crippen LogP contribution in [-0.4, -0.2) is 47.7 Å². The number of hydrogen-bond donors (Lipinski definition) is 0. The Morgan fingerprint density at radius 3 is 1.76 bits per heavy atom. The summed E-state index contributed by atoms with van der Waals surface area (Å²) in [5.41, 5.74) is 1.34. The number of rotatable bonds is 9. The van der Waals surface area contributed by atoms with Crippen molar-refractivity contribution in [2.75, 3.05) is 39.3 Å². The summed E-state index contributed by atoms with van der Waals surface area (Å²) in [4.78, 5) is 0. The van der Waals surface area contributed by atoms with Crippen LogP contribution in [0.2, 0.25) is 0 Å². The van der Waals surface area contributed by atoms with Crippen LogP contribution in [0.15, 0.2) is 36.4 Å². The molecule has 29 heavy (non-hydrogen) atoms. The molecule has 6 nitrogen and oxygen atoms in total. The first-order valence-corrected chi connectivity index (χ1v) is 11.5. The Hall–Kier alpha value is -2.50. The van der Waals surface area contributed by atoms with Crippen molar-refractivity contribution >= 4 is 21.6 Å². The lowest BCUT2D eigenvalue weighted by Gasteiger charge is -2.12. The van der Waals surface area contributed by atoms with E-state index in [1.807, 2.05) is 18.2 Å². The van der Waals surface area contributed by atoms with Crippen LogP contribution in [0.25, 0.3) is 0 Å². The van der Waals surface area contributed by atoms with Crippen LogP contribution in [0.4, 0.5) is 0 Å². The molecule has 0 aliphatic heterocycles. The minimum atomic E-state index is -1.58. The normalized spacial score (nSPS) is 12.3. The second-order valence-corrected chi connectivity index (χ2v) is 8.89. The third-order valence-electron chi connectivity index (χ3n) is 4.07. The Morgan fingerprint density at radius 1 is 0.793 bits per heavy atom. The summed E-state index contributed by atoms with van der Waals surface area (Å²) >= 11 is 0. The van der Waals surface area contributed by atoms with Crippen molar-refractivity contribution in [2.45, 2.75) is 6.42 Å². The molecule has 2 aromatic carbocycles. The van der Waals surface area contributed by atoms with E-state index in [-0.39, 0.29) is 5.08 Å². The van der Waals surface area contributed by atoms with Gasteiger partial charge in [-0.3, -0.25) is 4.21 Å². The van der Waals surface area contributed by atoms with E-state index in [1.54, 1.807) is 32.4 Å². The Bertz CT molecular complexity index is 901. The molecule has 0 fully saturated rings. The summed E-state index contributed by atoms with van der Waals surface area (Å²) < 4.78 is 45.9. The van der Waals surface area contributed by atoms with Gasteiger partial charge in [-0.25, -0.2) is 4.21 Å². The smallest absolute Gasteiger partial charge is 0.138 e.